The van der Waals surface area contributed by atoms with Crippen molar-refractivity contribution < 1.29 is 27.8 Å². The smallest absolute Gasteiger partial charge is 0.341 e. The van der Waals surface area contributed by atoms with Gasteiger partial charge in [0.05, 0.1) is 16.9 Å². The van der Waals surface area contributed by atoms with Gasteiger partial charge in [-0.3, -0.25) is 4.79 Å². The number of carboxylic acid groups (broad SMARTS) is 1. The number of carbonyl (C=O) groups is 1. The zero-order valence-electron chi connectivity index (χ0n) is 16.0. The zero-order valence-corrected chi connectivity index (χ0v) is 16.0. The highest BCUT2D eigenvalue weighted by Crippen LogP contribution is 2.43. The van der Waals surface area contributed by atoms with E-state index in [1.807, 2.05) is 0 Å². The van der Waals surface area contributed by atoms with Gasteiger partial charge in [0.25, 0.3) is 0 Å². The number of alkyl halides is 2. The molecule has 29 heavy (non-hydrogen) atoms. The lowest BCUT2D eigenvalue weighted by molar-refractivity contribution is 0.0370. The molecule has 2 aliphatic rings. The van der Waals surface area contributed by atoms with E-state index >= 15 is 4.39 Å². The molecular weight excluding hydrogens is 389 g/mol. The number of aromatic nitrogens is 1. The van der Waals surface area contributed by atoms with Crippen molar-refractivity contribution in [3.05, 3.63) is 33.9 Å². The van der Waals surface area contributed by atoms with Crippen molar-refractivity contribution in [1.29, 1.82) is 0 Å². The van der Waals surface area contributed by atoms with Crippen molar-refractivity contribution in [2.24, 2.45) is 11.8 Å². The molecule has 2 aliphatic heterocycles. The van der Waals surface area contributed by atoms with E-state index in [0.717, 1.165) is 6.07 Å². The molecule has 2 aromatic rings. The van der Waals surface area contributed by atoms with Crippen LogP contribution < -0.4 is 15.1 Å². The van der Waals surface area contributed by atoms with Gasteiger partial charge in [-0.1, -0.05) is 6.92 Å². The summed E-state index contributed by atoms with van der Waals surface area (Å²) in [5, 5.41) is 9.27. The monoisotopic (exact) mass is 410 g/mol. The number of carboxylic acids is 1. The highest BCUT2D eigenvalue weighted by atomic mass is 19.3. The Balaban J connectivity index is 1.90. The normalized spacial score (nSPS) is 24.1. The van der Waals surface area contributed by atoms with Crippen LogP contribution in [0.4, 0.5) is 18.9 Å². The fourth-order valence-electron chi connectivity index (χ4n) is 4.40. The van der Waals surface area contributed by atoms with Crippen molar-refractivity contribution in [2.45, 2.75) is 32.7 Å². The van der Waals surface area contributed by atoms with Gasteiger partial charge in [-0.15, -0.1) is 0 Å². The lowest BCUT2D eigenvalue weighted by atomic mass is 9.87. The van der Waals surface area contributed by atoms with E-state index < -0.39 is 35.1 Å². The highest BCUT2D eigenvalue weighted by molar-refractivity contribution is 5.97. The van der Waals surface area contributed by atoms with E-state index in [9.17, 15) is 23.5 Å². The summed E-state index contributed by atoms with van der Waals surface area (Å²) in [6.07, 6.45) is -0.947. The third-order valence-electron chi connectivity index (χ3n) is 5.98. The van der Waals surface area contributed by atoms with E-state index in [2.05, 4.69) is 0 Å². The standard InChI is InChI=1S/C20H21F3N2O4/c1-9-6-24(4-3-11(9)19(22)23)16-14(21)5-12-15-18(16)29-8-10(2)25(15)7-13(17(12)26)20(27)28/h5,7,9-11,19H,3-4,6,8H2,1-2H3,(H,27,28)/t9?,10-,11?/m0/s1. The quantitative estimate of drug-likeness (QED) is 0.839. The summed E-state index contributed by atoms with van der Waals surface area (Å²) in [4.78, 5) is 25.8. The lowest BCUT2D eigenvalue weighted by Gasteiger charge is -2.39. The maximum absolute atomic E-state index is 15.1. The van der Waals surface area contributed by atoms with Crippen LogP contribution in [0.1, 0.15) is 36.7 Å². The number of aromatic carboxylic acids is 1. The predicted octanol–water partition coefficient (Wildman–Crippen LogP) is 3.52. The molecule has 3 heterocycles. The molecule has 1 fully saturated rings. The number of piperidine rings is 1. The second-order valence-corrected chi connectivity index (χ2v) is 7.89. The summed E-state index contributed by atoms with van der Waals surface area (Å²) in [6.45, 7) is 4.17. The van der Waals surface area contributed by atoms with Crippen LogP contribution in [-0.2, 0) is 0 Å². The molecule has 2 unspecified atom stereocenters. The molecule has 0 bridgehead atoms. The molecule has 1 N–H and O–H groups in total. The van der Waals surface area contributed by atoms with Crippen molar-refractivity contribution in [3.63, 3.8) is 0 Å². The van der Waals surface area contributed by atoms with Gasteiger partial charge in [-0.05, 0) is 25.3 Å². The Kier molecular flexibility index (Phi) is 4.71. The van der Waals surface area contributed by atoms with E-state index in [1.165, 1.54) is 6.20 Å². The van der Waals surface area contributed by atoms with E-state index in [0.29, 0.717) is 5.52 Å². The number of halogens is 3. The summed E-state index contributed by atoms with van der Waals surface area (Å²) in [7, 11) is 0. The van der Waals surface area contributed by atoms with E-state index in [4.69, 9.17) is 4.74 Å². The number of hydrogen-bond donors (Lipinski definition) is 1. The second-order valence-electron chi connectivity index (χ2n) is 7.89. The molecule has 1 aromatic heterocycles. The van der Waals surface area contributed by atoms with E-state index in [1.54, 1.807) is 23.3 Å². The fraction of sp³-hybridized carbons (Fsp3) is 0.500. The summed E-state index contributed by atoms with van der Waals surface area (Å²) in [5.41, 5.74) is -0.743. The fourth-order valence-corrected chi connectivity index (χ4v) is 4.40. The first-order valence-corrected chi connectivity index (χ1v) is 9.51. The van der Waals surface area contributed by atoms with Crippen LogP contribution in [0.15, 0.2) is 17.1 Å². The molecule has 0 spiro atoms. The maximum atomic E-state index is 15.1. The molecule has 4 rings (SSSR count). The second kappa shape index (κ2) is 6.96. The number of ether oxygens (including phenoxy) is 1. The number of anilines is 1. The molecule has 0 radical (unpaired) electrons. The van der Waals surface area contributed by atoms with Crippen molar-refractivity contribution in [2.75, 3.05) is 24.6 Å². The van der Waals surface area contributed by atoms with Gasteiger partial charge in [0.15, 0.2) is 11.6 Å². The van der Waals surface area contributed by atoms with Gasteiger partial charge in [-0.2, -0.15) is 0 Å². The van der Waals surface area contributed by atoms with Crippen LogP contribution in [0.25, 0.3) is 10.9 Å². The first-order valence-electron chi connectivity index (χ1n) is 9.51. The average Bonchev–Trinajstić information content (AvgIpc) is 2.65. The van der Waals surface area contributed by atoms with Gasteiger partial charge >= 0.3 is 5.97 Å². The highest BCUT2D eigenvalue weighted by Gasteiger charge is 2.36. The minimum Gasteiger partial charge on any atom is -0.487 e. The van der Waals surface area contributed by atoms with Gasteiger partial charge in [0.1, 0.15) is 17.9 Å². The molecule has 0 aliphatic carbocycles. The Bertz CT molecular complexity index is 1050. The van der Waals surface area contributed by atoms with Gasteiger partial charge in [-0.25, -0.2) is 18.0 Å². The van der Waals surface area contributed by atoms with Gasteiger partial charge in [0.2, 0.25) is 11.9 Å². The molecule has 1 saturated heterocycles. The number of rotatable bonds is 3. The minimum atomic E-state index is -2.43. The molecule has 3 atom stereocenters. The summed E-state index contributed by atoms with van der Waals surface area (Å²) < 4.78 is 48.9. The molecular formula is C20H21F3N2O4. The van der Waals surface area contributed by atoms with Crippen molar-refractivity contribution in [3.8, 4) is 5.75 Å². The number of benzene rings is 1. The minimum absolute atomic E-state index is 0.0665. The molecule has 0 amide bonds. The Morgan fingerprint density at radius 3 is 2.69 bits per heavy atom. The van der Waals surface area contributed by atoms with Crippen LogP contribution >= 0.6 is 0 Å². The van der Waals surface area contributed by atoms with Crippen LogP contribution in [0, 0.1) is 17.7 Å². The molecule has 0 saturated carbocycles. The van der Waals surface area contributed by atoms with Crippen LogP contribution in [0.2, 0.25) is 0 Å². The Hall–Kier alpha value is -2.71. The SMILES string of the molecule is CC1CN(c2c(F)cc3c(=O)c(C(=O)O)cn4c3c2OC[C@@H]4C)CCC1C(F)F. The van der Waals surface area contributed by atoms with E-state index in [-0.39, 0.29) is 54.9 Å². The Labute approximate surface area is 164 Å². The lowest BCUT2D eigenvalue weighted by Crippen LogP contribution is -2.42. The summed E-state index contributed by atoms with van der Waals surface area (Å²) >= 11 is 0. The Morgan fingerprint density at radius 1 is 1.34 bits per heavy atom. The van der Waals surface area contributed by atoms with Crippen LogP contribution in [0.5, 0.6) is 5.75 Å². The zero-order chi connectivity index (χ0) is 21.0. The number of pyridine rings is 1. The summed E-state index contributed by atoms with van der Waals surface area (Å²) in [5.74, 6) is -3.03. The molecule has 6 nitrogen and oxygen atoms in total. The third kappa shape index (κ3) is 3.03. The van der Waals surface area contributed by atoms with Crippen LogP contribution in [-0.4, -0.2) is 41.8 Å². The number of nitrogens with zero attached hydrogens (tertiary/aromatic N) is 2. The topological polar surface area (TPSA) is 71.8 Å². The van der Waals surface area contributed by atoms with Gasteiger partial charge < -0.3 is 19.3 Å². The summed E-state index contributed by atoms with van der Waals surface area (Å²) in [6, 6.07) is 0.774. The Morgan fingerprint density at radius 2 is 2.07 bits per heavy atom. The maximum Gasteiger partial charge on any atom is 0.341 e. The molecule has 1 aromatic carbocycles. The number of hydrogen-bond acceptors (Lipinski definition) is 4. The van der Waals surface area contributed by atoms with Crippen molar-refractivity contribution >= 4 is 22.6 Å². The first kappa shape index (κ1) is 19.6. The third-order valence-corrected chi connectivity index (χ3v) is 5.98. The van der Waals surface area contributed by atoms with Crippen molar-refractivity contribution in [1.82, 2.24) is 4.57 Å². The predicted molar refractivity (Wildman–Crippen MR) is 101 cm³/mol. The average molecular weight is 410 g/mol. The molecule has 156 valence electrons. The molecule has 9 heteroatoms. The van der Waals surface area contributed by atoms with Gasteiger partial charge in [0, 0.05) is 25.2 Å². The van der Waals surface area contributed by atoms with Crippen LogP contribution in [0.3, 0.4) is 0 Å². The first-order chi connectivity index (χ1) is 13.7. The largest absolute Gasteiger partial charge is 0.487 e.